The highest BCUT2D eigenvalue weighted by Crippen LogP contribution is 2.07. The second-order valence-corrected chi connectivity index (χ2v) is 5.28. The monoisotopic (exact) mass is 256 g/mol. The van der Waals surface area contributed by atoms with Crippen LogP contribution in [0.15, 0.2) is 0 Å². The van der Waals surface area contributed by atoms with Crippen LogP contribution in [-0.2, 0) is 4.79 Å². The maximum Gasteiger partial charge on any atom is 0.129 e. The number of carbonyl (C=O) groups is 1. The molecule has 0 atom stereocenters. The summed E-state index contributed by atoms with van der Waals surface area (Å²) in [6.07, 6.45) is 15.7. The van der Waals surface area contributed by atoms with Crippen LogP contribution in [0.3, 0.4) is 0 Å². The number of hydrogen-bond acceptors (Lipinski definition) is 1. The van der Waals surface area contributed by atoms with Crippen molar-refractivity contribution < 1.29 is 4.79 Å². The van der Waals surface area contributed by atoms with Gasteiger partial charge in [-0.1, -0.05) is 85.0 Å². The summed E-state index contributed by atoms with van der Waals surface area (Å²) in [7, 11) is 0. The van der Waals surface area contributed by atoms with Crippen LogP contribution in [0.2, 0.25) is 0 Å². The van der Waals surface area contributed by atoms with Crippen molar-refractivity contribution in [2.45, 2.75) is 105 Å². The van der Waals surface area contributed by atoms with Gasteiger partial charge in [-0.05, 0) is 13.3 Å². The number of ketones is 1. The van der Waals surface area contributed by atoms with Crippen molar-refractivity contribution in [3.63, 3.8) is 0 Å². The molecule has 0 rings (SSSR count). The van der Waals surface area contributed by atoms with Crippen LogP contribution >= 0.6 is 0 Å². The first-order valence-electron chi connectivity index (χ1n) is 8.18. The number of hydrogen-bond donors (Lipinski definition) is 0. The van der Waals surface area contributed by atoms with Crippen LogP contribution in [0.5, 0.6) is 0 Å². The third kappa shape index (κ3) is 24.8. The molecule has 0 unspecified atom stereocenters. The van der Waals surface area contributed by atoms with E-state index in [4.69, 9.17) is 0 Å². The standard InChI is InChI=1S/C10H22.C7H14O/c1-3-5-7-9-10-8-6-4-2;1-3-4-5-6-7(2)8/h3-10H2,1-2H3;3-6H2,1-2H3. The third-order valence-electron chi connectivity index (χ3n) is 3.09. The Bertz CT molecular complexity index is 144. The molecular formula is C17H36O. The Morgan fingerprint density at radius 1 is 0.611 bits per heavy atom. The molecule has 18 heavy (non-hydrogen) atoms. The Labute approximate surface area is 116 Å². The number of Topliss-reactive ketones (excluding diaryl/α,β-unsaturated/α-hetero) is 1. The molecule has 0 saturated carbocycles. The maximum absolute atomic E-state index is 10.3. The SMILES string of the molecule is CCCCCC(C)=O.CCCCCCCCCC. The van der Waals surface area contributed by atoms with Gasteiger partial charge in [0.1, 0.15) is 5.78 Å². The molecule has 1 heteroatoms. The van der Waals surface area contributed by atoms with E-state index in [-0.39, 0.29) is 0 Å². The summed E-state index contributed by atoms with van der Waals surface area (Å²) >= 11 is 0. The first-order chi connectivity index (χ1) is 8.68. The molecule has 0 aromatic carbocycles. The van der Waals surface area contributed by atoms with Crippen molar-refractivity contribution >= 4 is 5.78 Å². The molecule has 1 nitrogen and oxygen atoms in total. The minimum Gasteiger partial charge on any atom is -0.300 e. The van der Waals surface area contributed by atoms with E-state index < -0.39 is 0 Å². The van der Waals surface area contributed by atoms with E-state index in [9.17, 15) is 4.79 Å². The van der Waals surface area contributed by atoms with Gasteiger partial charge in [-0.25, -0.2) is 0 Å². The van der Waals surface area contributed by atoms with Gasteiger partial charge in [-0.15, -0.1) is 0 Å². The van der Waals surface area contributed by atoms with Crippen molar-refractivity contribution in [2.24, 2.45) is 0 Å². The second-order valence-electron chi connectivity index (χ2n) is 5.28. The second kappa shape index (κ2) is 19.0. The van der Waals surface area contributed by atoms with Crippen molar-refractivity contribution in [1.82, 2.24) is 0 Å². The highest BCUT2D eigenvalue weighted by Gasteiger charge is 1.89. The molecule has 0 bridgehead atoms. The zero-order valence-electron chi connectivity index (χ0n) is 13.4. The van der Waals surface area contributed by atoms with Crippen LogP contribution in [0.4, 0.5) is 0 Å². The molecule has 0 aromatic heterocycles. The number of unbranched alkanes of at least 4 members (excludes halogenated alkanes) is 9. The quantitative estimate of drug-likeness (QED) is 0.396. The zero-order valence-corrected chi connectivity index (χ0v) is 13.4. The number of carbonyl (C=O) groups excluding carboxylic acids is 1. The van der Waals surface area contributed by atoms with Crippen LogP contribution in [-0.4, -0.2) is 5.78 Å². The molecule has 0 fully saturated rings. The molecule has 0 aromatic rings. The molecule has 0 saturated heterocycles. The van der Waals surface area contributed by atoms with E-state index in [1.54, 1.807) is 6.92 Å². The first kappa shape index (κ1) is 20.0. The van der Waals surface area contributed by atoms with Crippen molar-refractivity contribution in [2.75, 3.05) is 0 Å². The lowest BCUT2D eigenvalue weighted by molar-refractivity contribution is -0.117. The summed E-state index contributed by atoms with van der Waals surface area (Å²) in [5.74, 6) is 0.318. The molecule has 0 N–H and O–H groups in total. The maximum atomic E-state index is 10.3. The van der Waals surface area contributed by atoms with Crippen LogP contribution < -0.4 is 0 Å². The molecule has 110 valence electrons. The molecule has 0 spiro atoms. The van der Waals surface area contributed by atoms with Crippen molar-refractivity contribution in [1.29, 1.82) is 0 Å². The molecule has 0 amide bonds. The third-order valence-corrected chi connectivity index (χ3v) is 3.09. The van der Waals surface area contributed by atoms with Gasteiger partial charge in [0.05, 0.1) is 0 Å². The highest BCUT2D eigenvalue weighted by molar-refractivity contribution is 5.75. The molecular weight excluding hydrogens is 220 g/mol. The predicted molar refractivity (Wildman–Crippen MR) is 83.1 cm³/mol. The van der Waals surface area contributed by atoms with E-state index >= 15 is 0 Å². The summed E-state index contributed by atoms with van der Waals surface area (Å²) in [6.45, 7) is 8.33. The fourth-order valence-corrected chi connectivity index (χ4v) is 1.83. The van der Waals surface area contributed by atoms with Gasteiger partial charge in [0.2, 0.25) is 0 Å². The largest absolute Gasteiger partial charge is 0.300 e. The van der Waals surface area contributed by atoms with Gasteiger partial charge >= 0.3 is 0 Å². The van der Waals surface area contributed by atoms with E-state index in [0.29, 0.717) is 5.78 Å². The van der Waals surface area contributed by atoms with Gasteiger partial charge in [0.15, 0.2) is 0 Å². The van der Waals surface area contributed by atoms with Gasteiger partial charge in [0.25, 0.3) is 0 Å². The van der Waals surface area contributed by atoms with Gasteiger partial charge in [-0.2, -0.15) is 0 Å². The Balaban J connectivity index is 0. The van der Waals surface area contributed by atoms with Crippen LogP contribution in [0.1, 0.15) is 105 Å². The average molecular weight is 256 g/mol. The van der Waals surface area contributed by atoms with Crippen molar-refractivity contribution in [3.05, 3.63) is 0 Å². The Morgan fingerprint density at radius 3 is 1.28 bits per heavy atom. The smallest absolute Gasteiger partial charge is 0.129 e. The van der Waals surface area contributed by atoms with Gasteiger partial charge in [0, 0.05) is 6.42 Å². The Hall–Kier alpha value is -0.330. The molecule has 0 heterocycles. The Morgan fingerprint density at radius 2 is 0.944 bits per heavy atom. The fraction of sp³-hybridized carbons (Fsp3) is 0.941. The topological polar surface area (TPSA) is 17.1 Å². The minimum absolute atomic E-state index is 0.318. The summed E-state index contributed by atoms with van der Waals surface area (Å²) in [6, 6.07) is 0. The average Bonchev–Trinajstić information content (AvgIpc) is 2.34. The zero-order chi connectivity index (χ0) is 14.1. The van der Waals surface area contributed by atoms with Crippen LogP contribution in [0.25, 0.3) is 0 Å². The van der Waals surface area contributed by atoms with E-state index in [0.717, 1.165) is 12.8 Å². The lowest BCUT2D eigenvalue weighted by atomic mass is 10.1. The molecule has 0 aliphatic carbocycles. The summed E-state index contributed by atoms with van der Waals surface area (Å²) in [5.41, 5.74) is 0. The lowest BCUT2D eigenvalue weighted by Crippen LogP contribution is -1.87. The normalized spacial score (nSPS) is 9.78. The van der Waals surface area contributed by atoms with Crippen molar-refractivity contribution in [3.8, 4) is 0 Å². The summed E-state index contributed by atoms with van der Waals surface area (Å²) in [4.78, 5) is 10.3. The lowest BCUT2D eigenvalue weighted by Gasteiger charge is -1.97. The van der Waals surface area contributed by atoms with E-state index in [2.05, 4.69) is 20.8 Å². The Kier molecular flexibility index (Phi) is 21.1. The predicted octanol–water partition coefficient (Wildman–Crippen LogP) is 6.30. The molecule has 0 aliphatic heterocycles. The number of rotatable bonds is 11. The van der Waals surface area contributed by atoms with Crippen LogP contribution in [0, 0.1) is 0 Å². The highest BCUT2D eigenvalue weighted by atomic mass is 16.1. The van der Waals surface area contributed by atoms with E-state index in [1.807, 2.05) is 0 Å². The fourth-order valence-electron chi connectivity index (χ4n) is 1.83. The minimum atomic E-state index is 0.318. The van der Waals surface area contributed by atoms with Gasteiger partial charge in [-0.3, -0.25) is 0 Å². The molecule has 0 aliphatic rings. The molecule has 0 radical (unpaired) electrons. The summed E-state index contributed by atoms with van der Waals surface area (Å²) in [5, 5.41) is 0. The first-order valence-corrected chi connectivity index (χ1v) is 8.18. The van der Waals surface area contributed by atoms with Gasteiger partial charge < -0.3 is 4.79 Å². The van der Waals surface area contributed by atoms with E-state index in [1.165, 1.54) is 64.2 Å². The summed E-state index contributed by atoms with van der Waals surface area (Å²) < 4.78 is 0.